The van der Waals surface area contributed by atoms with Gasteiger partial charge in [0.25, 0.3) is 0 Å². The van der Waals surface area contributed by atoms with Crippen LogP contribution in [0, 0.1) is 0 Å². The van der Waals surface area contributed by atoms with Gasteiger partial charge >= 0.3 is 11.9 Å². The third-order valence-electron chi connectivity index (χ3n) is 0.679. The molecule has 0 fully saturated rings. The van der Waals surface area contributed by atoms with Gasteiger partial charge in [-0.05, 0) is 6.42 Å². The van der Waals surface area contributed by atoms with Gasteiger partial charge in [0.1, 0.15) is 0 Å². The molecule has 0 aromatic carbocycles. The molecule has 0 aromatic rings. The van der Waals surface area contributed by atoms with Crippen molar-refractivity contribution in [3.8, 4) is 0 Å². The lowest BCUT2D eigenvalue weighted by Crippen LogP contribution is -2.09. The Labute approximate surface area is 69.0 Å². The first-order valence-corrected chi connectivity index (χ1v) is 3.16. The molecule has 0 saturated heterocycles. The van der Waals surface area contributed by atoms with Gasteiger partial charge in [-0.3, -0.25) is 4.79 Å². The maximum Gasteiger partial charge on any atom is 0.414 e. The molecule has 12 heavy (non-hydrogen) atoms. The van der Waals surface area contributed by atoms with E-state index in [2.05, 4.69) is 0 Å². The van der Waals surface area contributed by atoms with Crippen molar-refractivity contribution in [2.45, 2.75) is 19.8 Å². The van der Waals surface area contributed by atoms with E-state index < -0.39 is 11.9 Å². The van der Waals surface area contributed by atoms with Crippen LogP contribution in [0.15, 0.2) is 0 Å². The first-order chi connectivity index (χ1) is 5.41. The standard InChI is InChI=1S/C4H9NO.C2H2O4/c1-2-3-4(5)6;3-1(4)2(5)6/h2-3H2,1H3,(H2,5,6);(H,3,4)(H,5,6). The fourth-order valence-electron chi connectivity index (χ4n) is 0.246. The molecular weight excluding hydrogens is 166 g/mol. The van der Waals surface area contributed by atoms with E-state index in [1.165, 1.54) is 0 Å². The molecule has 70 valence electrons. The minimum Gasteiger partial charge on any atom is -0.473 e. The lowest BCUT2D eigenvalue weighted by atomic mass is 10.3. The third-order valence-corrected chi connectivity index (χ3v) is 0.679. The van der Waals surface area contributed by atoms with Crippen LogP contribution in [-0.2, 0) is 14.4 Å². The topological polar surface area (TPSA) is 118 Å². The number of primary amides is 1. The second-order valence-corrected chi connectivity index (χ2v) is 1.83. The molecule has 0 unspecified atom stereocenters. The van der Waals surface area contributed by atoms with Crippen molar-refractivity contribution in [3.63, 3.8) is 0 Å². The number of hydrogen-bond donors (Lipinski definition) is 3. The Bertz CT molecular complexity index is 165. The van der Waals surface area contributed by atoms with Crippen LogP contribution in [0.1, 0.15) is 19.8 Å². The zero-order valence-corrected chi connectivity index (χ0v) is 6.61. The second-order valence-electron chi connectivity index (χ2n) is 1.83. The first-order valence-electron chi connectivity index (χ1n) is 3.16. The lowest BCUT2D eigenvalue weighted by molar-refractivity contribution is -0.159. The average molecular weight is 177 g/mol. The second kappa shape index (κ2) is 7.52. The molecule has 0 aliphatic carbocycles. The van der Waals surface area contributed by atoms with E-state index in [-0.39, 0.29) is 5.91 Å². The summed E-state index contributed by atoms with van der Waals surface area (Å²) in [6, 6.07) is 0. The van der Waals surface area contributed by atoms with E-state index in [1.54, 1.807) is 0 Å². The van der Waals surface area contributed by atoms with Crippen LogP contribution in [-0.4, -0.2) is 28.1 Å². The minimum absolute atomic E-state index is 0.211. The molecule has 0 bridgehead atoms. The summed E-state index contributed by atoms with van der Waals surface area (Å²) in [4.78, 5) is 28.0. The Kier molecular flexibility index (Phi) is 8.16. The Morgan fingerprint density at radius 3 is 1.50 bits per heavy atom. The molecule has 0 aliphatic heterocycles. The van der Waals surface area contributed by atoms with Crippen LogP contribution >= 0.6 is 0 Å². The fourth-order valence-corrected chi connectivity index (χ4v) is 0.246. The van der Waals surface area contributed by atoms with Gasteiger partial charge in [0.15, 0.2) is 0 Å². The molecule has 1 amide bonds. The van der Waals surface area contributed by atoms with Gasteiger partial charge < -0.3 is 15.9 Å². The van der Waals surface area contributed by atoms with Crippen molar-refractivity contribution in [2.75, 3.05) is 0 Å². The molecule has 0 rings (SSSR count). The molecule has 0 radical (unpaired) electrons. The summed E-state index contributed by atoms with van der Waals surface area (Å²) in [6.45, 7) is 1.92. The number of aliphatic carboxylic acids is 2. The number of nitrogens with two attached hydrogens (primary N) is 1. The summed E-state index contributed by atoms with van der Waals surface area (Å²) in [6.07, 6.45) is 1.37. The smallest absolute Gasteiger partial charge is 0.414 e. The highest BCUT2D eigenvalue weighted by Crippen LogP contribution is 1.79. The van der Waals surface area contributed by atoms with Gasteiger partial charge in [0, 0.05) is 6.42 Å². The Morgan fingerprint density at radius 2 is 1.50 bits per heavy atom. The van der Waals surface area contributed by atoms with Crippen molar-refractivity contribution >= 4 is 17.8 Å². The fraction of sp³-hybridized carbons (Fsp3) is 0.500. The predicted molar refractivity (Wildman–Crippen MR) is 39.4 cm³/mol. The number of carbonyl (C=O) groups excluding carboxylic acids is 1. The van der Waals surface area contributed by atoms with Crippen molar-refractivity contribution in [2.24, 2.45) is 5.73 Å². The molecule has 4 N–H and O–H groups in total. The van der Waals surface area contributed by atoms with Crippen LogP contribution in [0.5, 0.6) is 0 Å². The molecule has 0 heterocycles. The Hall–Kier alpha value is -1.59. The Morgan fingerprint density at radius 1 is 1.17 bits per heavy atom. The summed E-state index contributed by atoms with van der Waals surface area (Å²) in [5, 5.41) is 14.8. The number of hydrogen-bond acceptors (Lipinski definition) is 3. The summed E-state index contributed by atoms with van der Waals surface area (Å²) in [5.74, 6) is -3.86. The molecule has 6 heteroatoms. The van der Waals surface area contributed by atoms with Crippen molar-refractivity contribution in [1.82, 2.24) is 0 Å². The maximum absolute atomic E-state index is 9.82. The largest absolute Gasteiger partial charge is 0.473 e. The van der Waals surface area contributed by atoms with E-state index in [0.717, 1.165) is 6.42 Å². The van der Waals surface area contributed by atoms with Gasteiger partial charge in [0.2, 0.25) is 5.91 Å². The summed E-state index contributed by atoms with van der Waals surface area (Å²) >= 11 is 0. The monoisotopic (exact) mass is 177 g/mol. The highest BCUT2D eigenvalue weighted by Gasteiger charge is 2.04. The zero-order chi connectivity index (χ0) is 10.1. The van der Waals surface area contributed by atoms with Gasteiger partial charge in [-0.2, -0.15) is 0 Å². The van der Waals surface area contributed by atoms with E-state index in [0.29, 0.717) is 6.42 Å². The lowest BCUT2D eigenvalue weighted by Gasteiger charge is -1.81. The van der Waals surface area contributed by atoms with E-state index >= 15 is 0 Å². The normalized spacial score (nSPS) is 7.75. The molecule has 0 saturated carbocycles. The van der Waals surface area contributed by atoms with Crippen molar-refractivity contribution in [1.29, 1.82) is 0 Å². The molecule has 0 atom stereocenters. The van der Waals surface area contributed by atoms with Crippen molar-refractivity contribution in [3.05, 3.63) is 0 Å². The van der Waals surface area contributed by atoms with E-state index in [9.17, 15) is 4.79 Å². The van der Waals surface area contributed by atoms with Crippen LogP contribution in [0.2, 0.25) is 0 Å². The third kappa shape index (κ3) is 15.8. The van der Waals surface area contributed by atoms with Crippen LogP contribution in [0.25, 0.3) is 0 Å². The number of amides is 1. The SMILES string of the molecule is CCCC(N)=O.O=C(O)C(=O)O. The van der Waals surface area contributed by atoms with Gasteiger partial charge in [-0.1, -0.05) is 6.92 Å². The molecule has 6 nitrogen and oxygen atoms in total. The molecule has 0 aliphatic rings. The number of carboxylic acid groups (broad SMARTS) is 2. The van der Waals surface area contributed by atoms with Crippen LogP contribution in [0.4, 0.5) is 0 Å². The van der Waals surface area contributed by atoms with Gasteiger partial charge in [0.05, 0.1) is 0 Å². The molecule has 0 spiro atoms. The first kappa shape index (κ1) is 13.0. The van der Waals surface area contributed by atoms with Crippen LogP contribution in [0.3, 0.4) is 0 Å². The summed E-state index contributed by atoms with van der Waals surface area (Å²) < 4.78 is 0. The quantitative estimate of drug-likeness (QED) is 0.488. The van der Waals surface area contributed by atoms with E-state index in [1.807, 2.05) is 6.92 Å². The highest BCUT2D eigenvalue weighted by molar-refractivity contribution is 6.27. The highest BCUT2D eigenvalue weighted by atomic mass is 16.4. The van der Waals surface area contributed by atoms with Crippen LogP contribution < -0.4 is 5.73 Å². The van der Waals surface area contributed by atoms with Crippen molar-refractivity contribution < 1.29 is 24.6 Å². The zero-order valence-electron chi connectivity index (χ0n) is 6.61. The summed E-state index contributed by atoms with van der Waals surface area (Å²) in [7, 11) is 0. The van der Waals surface area contributed by atoms with E-state index in [4.69, 9.17) is 25.5 Å². The van der Waals surface area contributed by atoms with Gasteiger partial charge in [-0.25, -0.2) is 9.59 Å². The number of carboxylic acids is 2. The predicted octanol–water partition coefficient (Wildman–Crippen LogP) is -0.573. The van der Waals surface area contributed by atoms with Gasteiger partial charge in [-0.15, -0.1) is 0 Å². The minimum atomic E-state index is -1.82. The number of carbonyl (C=O) groups is 3. The molecule has 0 aromatic heterocycles. The molecular formula is C6H11NO5. The average Bonchev–Trinajstić information content (AvgIpc) is 1.87. The number of rotatable bonds is 2. The summed E-state index contributed by atoms with van der Waals surface area (Å²) in [5.41, 5.74) is 4.76. The maximum atomic E-state index is 9.82. The Balaban J connectivity index is 0.